The minimum atomic E-state index is -0.246. The van der Waals surface area contributed by atoms with E-state index in [2.05, 4.69) is 75.4 Å². The fourth-order valence-electron chi connectivity index (χ4n) is 8.01. The van der Waals surface area contributed by atoms with E-state index in [0.717, 1.165) is 23.7 Å². The molecule has 0 saturated carbocycles. The summed E-state index contributed by atoms with van der Waals surface area (Å²) in [7, 11) is 0. The molecule has 2 amide bonds. The Kier molecular flexibility index (Phi) is 17.0. The molecule has 0 saturated heterocycles. The molecule has 0 bridgehead atoms. The number of unbranched alkanes of at least 4 members (excludes halogenated alkanes) is 12. The van der Waals surface area contributed by atoms with E-state index in [0.29, 0.717) is 41.5 Å². The van der Waals surface area contributed by atoms with E-state index in [1.54, 1.807) is 18.3 Å². The van der Waals surface area contributed by atoms with Crippen LogP contribution in [0.25, 0.3) is 29.3 Å². The van der Waals surface area contributed by atoms with Gasteiger partial charge in [0.2, 0.25) is 0 Å². The number of hydrogen-bond acceptors (Lipinski definition) is 6. The molecular weight excluding hydrogens is 810 g/mol. The van der Waals surface area contributed by atoms with Crippen molar-refractivity contribution in [2.75, 3.05) is 13.2 Å². The van der Waals surface area contributed by atoms with Crippen LogP contribution in [0.3, 0.4) is 0 Å². The van der Waals surface area contributed by atoms with Gasteiger partial charge < -0.3 is 4.74 Å². The van der Waals surface area contributed by atoms with E-state index in [4.69, 9.17) is 9.15 Å². The maximum absolute atomic E-state index is 13.8. The molecule has 5 aromatic rings. The van der Waals surface area contributed by atoms with Crippen molar-refractivity contribution < 1.29 is 18.7 Å². The third-order valence-electron chi connectivity index (χ3n) is 11.4. The van der Waals surface area contributed by atoms with Gasteiger partial charge in [-0.1, -0.05) is 116 Å². The fraction of sp³-hybridized carbons (Fsp3) is 0.510. The van der Waals surface area contributed by atoms with Crippen molar-refractivity contribution in [3.05, 3.63) is 88.0 Å². The van der Waals surface area contributed by atoms with Crippen LogP contribution in [0, 0.1) is 19.8 Å². The van der Waals surface area contributed by atoms with E-state index >= 15 is 0 Å². The first-order chi connectivity index (χ1) is 27.9. The van der Waals surface area contributed by atoms with Gasteiger partial charge in [0.1, 0.15) is 5.75 Å². The number of imide groups is 1. The van der Waals surface area contributed by atoms with Gasteiger partial charge in [-0.05, 0) is 30.9 Å². The molecule has 0 aliphatic carbocycles. The molecule has 1 atom stereocenters. The molecule has 57 heavy (non-hydrogen) atoms. The second-order valence-corrected chi connectivity index (χ2v) is 20.6. The van der Waals surface area contributed by atoms with Crippen molar-refractivity contribution in [2.24, 2.45) is 5.92 Å². The van der Waals surface area contributed by atoms with Crippen molar-refractivity contribution in [1.82, 2.24) is 4.90 Å². The monoisotopic (exact) mass is 873 g/mol. The van der Waals surface area contributed by atoms with Gasteiger partial charge in [0.05, 0.1) is 6.61 Å². The fourth-order valence-corrected chi connectivity index (χ4v) is 12.4. The first-order valence-corrected chi connectivity index (χ1v) is 25.2. The SMILES string of the molecule is CCCCCCCCCCC(CCCCCCCC)COc1ccc(CCCN2C(=O)c3c(C)oc(-c4ccc(-c5ccc(-c6ccc(C)s6)[se]5)s4)c3C2=O)cc1. The topological polar surface area (TPSA) is 59.8 Å². The Morgan fingerprint density at radius 1 is 0.632 bits per heavy atom. The number of benzene rings is 1. The maximum atomic E-state index is 13.8. The van der Waals surface area contributed by atoms with Crippen LogP contribution in [-0.2, 0) is 6.42 Å². The van der Waals surface area contributed by atoms with Gasteiger partial charge >= 0.3 is 194 Å². The van der Waals surface area contributed by atoms with E-state index in [-0.39, 0.29) is 26.3 Å². The predicted octanol–water partition coefficient (Wildman–Crippen LogP) is 14.6. The largest absolute Gasteiger partial charge is 0.0554 e. The second-order valence-electron chi connectivity index (χ2n) is 16.0. The van der Waals surface area contributed by atoms with Crippen LogP contribution in [-0.4, -0.2) is 44.4 Å². The number of fused-ring (bicyclic) bond motifs is 1. The molecule has 5 heterocycles. The molecule has 0 radical (unpaired) electrons. The first-order valence-electron chi connectivity index (χ1n) is 21.8. The van der Waals surface area contributed by atoms with Gasteiger partial charge in [0.25, 0.3) is 0 Å². The zero-order chi connectivity index (χ0) is 40.0. The average molecular weight is 873 g/mol. The summed E-state index contributed by atoms with van der Waals surface area (Å²) in [4.78, 5) is 33.5. The Labute approximate surface area is 356 Å². The van der Waals surface area contributed by atoms with Crippen molar-refractivity contribution in [3.8, 4) is 35.0 Å². The van der Waals surface area contributed by atoms with Gasteiger partial charge in [0, 0.05) is 0 Å². The third-order valence-corrected chi connectivity index (χ3v) is 16.5. The minimum Gasteiger partial charge on any atom is -0.0554 e. The van der Waals surface area contributed by atoms with E-state index in [9.17, 15) is 9.59 Å². The first kappa shape index (κ1) is 43.4. The molecule has 8 heteroatoms. The van der Waals surface area contributed by atoms with Gasteiger partial charge in [0.15, 0.2) is 0 Å². The Morgan fingerprint density at radius 2 is 1.19 bits per heavy atom. The standard InChI is InChI=1S/C49H63NO4S2Se/c1-5-7-9-11-13-14-16-18-21-38(20-17-15-12-10-8-6-2)34-53-39-26-24-37(25-27-39)22-19-33-50-48(51)45-36(4)54-47(46(45)49(50)52)42-30-29-41(56-42)44-32-31-43(57-44)40-28-23-35(3)55-40/h23-32,38H,5-22,33-34H2,1-4H3. The molecule has 5 nitrogen and oxygen atoms in total. The Morgan fingerprint density at radius 3 is 1.81 bits per heavy atom. The molecule has 6 rings (SSSR count). The van der Waals surface area contributed by atoms with Crippen LogP contribution in [0.1, 0.15) is 160 Å². The van der Waals surface area contributed by atoms with Crippen molar-refractivity contribution in [2.45, 2.75) is 143 Å². The van der Waals surface area contributed by atoms with Crippen LogP contribution in [0.2, 0.25) is 0 Å². The van der Waals surface area contributed by atoms with E-state index in [1.165, 1.54) is 137 Å². The summed E-state index contributed by atoms with van der Waals surface area (Å²) in [6.07, 6.45) is 22.9. The number of hydrogen-bond donors (Lipinski definition) is 0. The summed E-state index contributed by atoms with van der Waals surface area (Å²) in [6, 6.07) is 21.5. The van der Waals surface area contributed by atoms with E-state index in [1.807, 2.05) is 17.4 Å². The predicted molar refractivity (Wildman–Crippen MR) is 242 cm³/mol. The molecule has 1 aromatic carbocycles. The van der Waals surface area contributed by atoms with E-state index < -0.39 is 0 Å². The smallest absolute Gasteiger partial charge is 0.0197 e. The number of furan rings is 1. The number of carbonyl (C=O) groups excluding carboxylic acids is 2. The minimum absolute atomic E-state index is 0.221. The van der Waals surface area contributed by atoms with Crippen LogP contribution in [0.4, 0.5) is 0 Å². The normalized spacial score (nSPS) is 13.2. The summed E-state index contributed by atoms with van der Waals surface area (Å²) >= 11 is 3.70. The third kappa shape index (κ3) is 12.0. The molecule has 1 aliphatic heterocycles. The maximum Gasteiger partial charge on any atom is -0.0197 e. The van der Waals surface area contributed by atoms with Crippen molar-refractivity contribution in [1.29, 1.82) is 0 Å². The van der Waals surface area contributed by atoms with Gasteiger partial charge in [-0.3, -0.25) is 0 Å². The van der Waals surface area contributed by atoms with Crippen molar-refractivity contribution in [3.63, 3.8) is 0 Å². The molecule has 1 unspecified atom stereocenters. The summed E-state index contributed by atoms with van der Waals surface area (Å²) < 4.78 is 15.2. The second kappa shape index (κ2) is 22.3. The molecule has 0 N–H and O–H groups in total. The van der Waals surface area contributed by atoms with Crippen LogP contribution >= 0.6 is 22.7 Å². The number of aryl methyl sites for hydroxylation is 3. The van der Waals surface area contributed by atoms with Crippen LogP contribution < -0.4 is 4.74 Å². The zero-order valence-corrected chi connectivity index (χ0v) is 38.1. The average Bonchev–Trinajstić information content (AvgIpc) is 4.06. The number of ether oxygens (including phenoxy) is 1. The quantitative estimate of drug-likeness (QED) is 0.0315. The summed E-state index contributed by atoms with van der Waals surface area (Å²) in [5, 5.41) is 0. The van der Waals surface area contributed by atoms with Crippen LogP contribution in [0.5, 0.6) is 5.75 Å². The number of nitrogens with zero attached hydrogens (tertiary/aromatic N) is 1. The summed E-state index contributed by atoms with van der Waals surface area (Å²) in [5.74, 6) is 2.09. The molecule has 306 valence electrons. The molecule has 1 aliphatic rings. The number of amides is 2. The van der Waals surface area contributed by atoms with Gasteiger partial charge in [-0.25, -0.2) is 0 Å². The Balaban J connectivity index is 0.978. The number of thiophene rings is 2. The van der Waals surface area contributed by atoms with Crippen molar-refractivity contribution >= 4 is 49.0 Å². The molecule has 0 spiro atoms. The van der Waals surface area contributed by atoms with Crippen LogP contribution in [0.15, 0.2) is 65.1 Å². The Bertz CT molecular complexity index is 2000. The number of rotatable bonds is 26. The summed E-state index contributed by atoms with van der Waals surface area (Å²) in [6.45, 7) is 9.68. The Hall–Kier alpha value is -3.16. The number of carbonyl (C=O) groups is 2. The molecule has 0 fully saturated rings. The molecular formula is C49H63NO4S2Se. The van der Waals surface area contributed by atoms with Gasteiger partial charge in [-0.2, -0.15) is 0 Å². The summed E-state index contributed by atoms with van der Waals surface area (Å²) in [5.41, 5.74) is 2.03. The van der Waals surface area contributed by atoms with Gasteiger partial charge in [-0.15, -0.1) is 0 Å². The zero-order valence-electron chi connectivity index (χ0n) is 34.8. The molecule has 4 aromatic heterocycles.